The lowest BCUT2D eigenvalue weighted by atomic mass is 10.1. The summed E-state index contributed by atoms with van der Waals surface area (Å²) in [7, 11) is 0. The van der Waals surface area contributed by atoms with E-state index in [9.17, 15) is 0 Å². The van der Waals surface area contributed by atoms with Crippen molar-refractivity contribution in [2.24, 2.45) is 0 Å². The van der Waals surface area contributed by atoms with Gasteiger partial charge < -0.3 is 5.32 Å². The fourth-order valence-corrected chi connectivity index (χ4v) is 2.55. The molecule has 0 aliphatic carbocycles. The first-order chi connectivity index (χ1) is 10.1. The molecule has 1 heterocycles. The molecule has 3 rings (SSSR count). The Kier molecular flexibility index (Phi) is 3.76. The Balaban J connectivity index is 1.96. The van der Waals surface area contributed by atoms with Crippen molar-refractivity contribution in [1.29, 1.82) is 0 Å². The van der Waals surface area contributed by atoms with E-state index in [1.165, 1.54) is 5.56 Å². The van der Waals surface area contributed by atoms with Gasteiger partial charge in [-0.2, -0.15) is 0 Å². The van der Waals surface area contributed by atoms with Crippen molar-refractivity contribution in [2.75, 3.05) is 5.32 Å². The second-order valence-corrected chi connectivity index (χ2v) is 5.60. The van der Waals surface area contributed by atoms with Crippen LogP contribution in [0.15, 0.2) is 48.8 Å². The predicted molar refractivity (Wildman–Crippen MR) is 87.8 cm³/mol. The molecule has 0 fully saturated rings. The molecular weight excluding hydrogens is 282 g/mol. The molecule has 0 saturated heterocycles. The van der Waals surface area contributed by atoms with Crippen LogP contribution in [0.1, 0.15) is 24.1 Å². The van der Waals surface area contributed by atoms with Gasteiger partial charge in [-0.3, -0.25) is 0 Å². The molecule has 0 spiro atoms. The van der Waals surface area contributed by atoms with Crippen molar-refractivity contribution in [1.82, 2.24) is 9.97 Å². The van der Waals surface area contributed by atoms with E-state index in [-0.39, 0.29) is 6.04 Å². The van der Waals surface area contributed by atoms with Crippen molar-refractivity contribution >= 4 is 28.3 Å². The maximum atomic E-state index is 6.05. The van der Waals surface area contributed by atoms with Gasteiger partial charge in [0.25, 0.3) is 0 Å². The van der Waals surface area contributed by atoms with Crippen LogP contribution in [0.2, 0.25) is 5.02 Å². The lowest BCUT2D eigenvalue weighted by molar-refractivity contribution is 0.876. The molecule has 21 heavy (non-hydrogen) atoms. The SMILES string of the molecule is Cc1ccc2ncnc(NC(C)c3cccc(Cl)c3)c2c1. The first kappa shape index (κ1) is 13.8. The van der Waals surface area contributed by atoms with E-state index in [4.69, 9.17) is 11.6 Å². The second kappa shape index (κ2) is 5.70. The minimum absolute atomic E-state index is 0.113. The molecule has 0 saturated carbocycles. The number of benzene rings is 2. The van der Waals surface area contributed by atoms with E-state index >= 15 is 0 Å². The van der Waals surface area contributed by atoms with Gasteiger partial charge in [-0.25, -0.2) is 9.97 Å². The van der Waals surface area contributed by atoms with Crippen LogP contribution in [-0.2, 0) is 0 Å². The number of halogens is 1. The number of hydrogen-bond donors (Lipinski definition) is 1. The summed E-state index contributed by atoms with van der Waals surface area (Å²) < 4.78 is 0. The van der Waals surface area contributed by atoms with Gasteiger partial charge in [0.05, 0.1) is 11.6 Å². The van der Waals surface area contributed by atoms with Gasteiger partial charge in [0.15, 0.2) is 0 Å². The standard InChI is InChI=1S/C17H16ClN3/c1-11-6-7-16-15(8-11)17(20-10-19-16)21-12(2)13-4-3-5-14(18)9-13/h3-10,12H,1-2H3,(H,19,20,21). The zero-order chi connectivity index (χ0) is 14.8. The number of fused-ring (bicyclic) bond motifs is 1. The van der Waals surface area contributed by atoms with E-state index < -0.39 is 0 Å². The number of nitrogens with one attached hydrogen (secondary N) is 1. The topological polar surface area (TPSA) is 37.8 Å². The lowest BCUT2D eigenvalue weighted by Gasteiger charge is -2.16. The van der Waals surface area contributed by atoms with Crippen LogP contribution < -0.4 is 5.32 Å². The zero-order valence-electron chi connectivity index (χ0n) is 12.0. The highest BCUT2D eigenvalue weighted by molar-refractivity contribution is 6.30. The highest BCUT2D eigenvalue weighted by Crippen LogP contribution is 2.25. The largest absolute Gasteiger partial charge is 0.363 e. The molecule has 3 aromatic rings. The van der Waals surface area contributed by atoms with E-state index in [2.05, 4.69) is 47.3 Å². The van der Waals surface area contributed by atoms with E-state index in [0.717, 1.165) is 27.3 Å². The minimum Gasteiger partial charge on any atom is -0.363 e. The average molecular weight is 298 g/mol. The Labute approximate surface area is 129 Å². The normalized spacial score (nSPS) is 12.3. The molecule has 2 aromatic carbocycles. The summed E-state index contributed by atoms with van der Waals surface area (Å²) in [6, 6.07) is 14.1. The summed E-state index contributed by atoms with van der Waals surface area (Å²) in [4.78, 5) is 8.69. The number of aryl methyl sites for hydroxylation is 1. The smallest absolute Gasteiger partial charge is 0.137 e. The Morgan fingerprint density at radius 3 is 2.76 bits per heavy atom. The maximum absolute atomic E-state index is 6.05. The Morgan fingerprint density at radius 2 is 1.95 bits per heavy atom. The van der Waals surface area contributed by atoms with Gasteiger partial charge in [-0.05, 0) is 43.7 Å². The third-order valence-electron chi connectivity index (χ3n) is 3.49. The number of aromatic nitrogens is 2. The van der Waals surface area contributed by atoms with E-state index in [1.807, 2.05) is 24.3 Å². The molecule has 1 N–H and O–H groups in total. The quantitative estimate of drug-likeness (QED) is 0.757. The van der Waals surface area contributed by atoms with Crippen LogP contribution >= 0.6 is 11.6 Å². The van der Waals surface area contributed by atoms with E-state index in [0.29, 0.717) is 0 Å². The average Bonchev–Trinajstić information content (AvgIpc) is 2.48. The Morgan fingerprint density at radius 1 is 1.10 bits per heavy atom. The number of rotatable bonds is 3. The van der Waals surface area contributed by atoms with Crippen LogP contribution in [0.5, 0.6) is 0 Å². The molecule has 1 atom stereocenters. The van der Waals surface area contributed by atoms with Crippen molar-refractivity contribution < 1.29 is 0 Å². The van der Waals surface area contributed by atoms with Crippen LogP contribution in [-0.4, -0.2) is 9.97 Å². The van der Waals surface area contributed by atoms with Gasteiger partial charge >= 0.3 is 0 Å². The Hall–Kier alpha value is -2.13. The van der Waals surface area contributed by atoms with Gasteiger partial charge in [0.1, 0.15) is 12.1 Å². The highest BCUT2D eigenvalue weighted by atomic mass is 35.5. The van der Waals surface area contributed by atoms with Crippen molar-refractivity contribution in [2.45, 2.75) is 19.9 Å². The Bertz CT molecular complexity index is 786. The van der Waals surface area contributed by atoms with Crippen LogP contribution in [0.3, 0.4) is 0 Å². The molecule has 1 aromatic heterocycles. The second-order valence-electron chi connectivity index (χ2n) is 5.16. The number of hydrogen-bond acceptors (Lipinski definition) is 3. The summed E-state index contributed by atoms with van der Waals surface area (Å²) in [6.45, 7) is 4.16. The number of nitrogens with zero attached hydrogens (tertiary/aromatic N) is 2. The first-order valence-corrected chi connectivity index (χ1v) is 7.24. The van der Waals surface area contributed by atoms with Crippen LogP contribution in [0.4, 0.5) is 5.82 Å². The van der Waals surface area contributed by atoms with Gasteiger partial charge in [-0.15, -0.1) is 0 Å². The number of anilines is 1. The fraction of sp³-hybridized carbons (Fsp3) is 0.176. The van der Waals surface area contributed by atoms with Gasteiger partial charge in [-0.1, -0.05) is 35.4 Å². The van der Waals surface area contributed by atoms with Crippen molar-refractivity contribution in [3.05, 3.63) is 64.9 Å². The van der Waals surface area contributed by atoms with E-state index in [1.54, 1.807) is 6.33 Å². The van der Waals surface area contributed by atoms with Crippen molar-refractivity contribution in [3.8, 4) is 0 Å². The predicted octanol–water partition coefficient (Wildman–Crippen LogP) is 4.76. The zero-order valence-corrected chi connectivity index (χ0v) is 12.7. The van der Waals surface area contributed by atoms with Crippen LogP contribution in [0.25, 0.3) is 10.9 Å². The third-order valence-corrected chi connectivity index (χ3v) is 3.73. The summed E-state index contributed by atoms with van der Waals surface area (Å²) in [5.41, 5.74) is 3.26. The summed E-state index contributed by atoms with van der Waals surface area (Å²) >= 11 is 6.05. The van der Waals surface area contributed by atoms with Crippen LogP contribution in [0, 0.1) is 6.92 Å². The molecule has 4 heteroatoms. The maximum Gasteiger partial charge on any atom is 0.137 e. The van der Waals surface area contributed by atoms with Crippen molar-refractivity contribution in [3.63, 3.8) is 0 Å². The third kappa shape index (κ3) is 2.98. The molecule has 0 bridgehead atoms. The fourth-order valence-electron chi connectivity index (χ4n) is 2.35. The lowest BCUT2D eigenvalue weighted by Crippen LogP contribution is -2.08. The molecule has 0 amide bonds. The summed E-state index contributed by atoms with van der Waals surface area (Å²) in [5.74, 6) is 0.844. The molecule has 1 unspecified atom stereocenters. The summed E-state index contributed by atoms with van der Waals surface area (Å²) in [5, 5.41) is 5.22. The molecule has 0 aliphatic rings. The van der Waals surface area contributed by atoms with Gasteiger partial charge in [0.2, 0.25) is 0 Å². The molecule has 3 nitrogen and oxygen atoms in total. The minimum atomic E-state index is 0.113. The molecule has 0 aliphatic heterocycles. The summed E-state index contributed by atoms with van der Waals surface area (Å²) in [6.07, 6.45) is 1.59. The first-order valence-electron chi connectivity index (χ1n) is 6.87. The van der Waals surface area contributed by atoms with Gasteiger partial charge in [0, 0.05) is 10.4 Å². The molecular formula is C17H16ClN3. The monoisotopic (exact) mass is 297 g/mol. The molecule has 0 radical (unpaired) electrons. The highest BCUT2D eigenvalue weighted by Gasteiger charge is 2.09. The molecule has 106 valence electrons.